The largest absolute Gasteiger partial charge is 0.372 e. The molecule has 0 saturated carbocycles. The summed E-state index contributed by atoms with van der Waals surface area (Å²) in [5, 5.41) is 3.42. The lowest BCUT2D eigenvalue weighted by atomic mass is 10.1. The first-order valence-electron chi connectivity index (χ1n) is 7.44. The van der Waals surface area contributed by atoms with Crippen LogP contribution in [-0.4, -0.2) is 43.4 Å². The monoisotopic (exact) mass is 261 g/mol. The number of nitrogens with one attached hydrogen (secondary N) is 1. The second-order valence-electron chi connectivity index (χ2n) is 5.50. The summed E-state index contributed by atoms with van der Waals surface area (Å²) >= 11 is 0. The summed E-state index contributed by atoms with van der Waals surface area (Å²) in [5.41, 5.74) is 0. The molecule has 19 heavy (non-hydrogen) atoms. The van der Waals surface area contributed by atoms with Crippen molar-refractivity contribution >= 4 is 5.82 Å². The van der Waals surface area contributed by atoms with Crippen molar-refractivity contribution in [2.24, 2.45) is 0 Å². The zero-order valence-corrected chi connectivity index (χ0v) is 11.4. The van der Waals surface area contributed by atoms with Crippen LogP contribution < -0.4 is 10.2 Å². The van der Waals surface area contributed by atoms with Crippen LogP contribution in [0.4, 0.5) is 5.82 Å². The maximum atomic E-state index is 6.25. The van der Waals surface area contributed by atoms with Crippen molar-refractivity contribution in [3.05, 3.63) is 24.4 Å². The van der Waals surface area contributed by atoms with Crippen LogP contribution in [0.25, 0.3) is 0 Å². The van der Waals surface area contributed by atoms with Crippen molar-refractivity contribution in [2.75, 3.05) is 31.1 Å². The molecule has 2 fully saturated rings. The number of ether oxygens (including phenoxy) is 1. The molecule has 4 heteroatoms. The minimum atomic E-state index is 0.362. The first kappa shape index (κ1) is 12.9. The van der Waals surface area contributed by atoms with Gasteiger partial charge in [0.25, 0.3) is 0 Å². The average Bonchev–Trinajstić information content (AvgIpc) is 2.49. The molecule has 104 valence electrons. The van der Waals surface area contributed by atoms with E-state index in [2.05, 4.69) is 27.3 Å². The van der Waals surface area contributed by atoms with Gasteiger partial charge in [0.15, 0.2) is 0 Å². The predicted octanol–water partition coefficient (Wildman–Crippen LogP) is 1.82. The summed E-state index contributed by atoms with van der Waals surface area (Å²) in [4.78, 5) is 6.79. The summed E-state index contributed by atoms with van der Waals surface area (Å²) in [6.45, 7) is 4.23. The van der Waals surface area contributed by atoms with Gasteiger partial charge in [-0.25, -0.2) is 4.98 Å². The Kier molecular flexibility index (Phi) is 4.30. The van der Waals surface area contributed by atoms with Crippen molar-refractivity contribution < 1.29 is 4.74 Å². The molecular weight excluding hydrogens is 238 g/mol. The Hall–Kier alpha value is -1.13. The van der Waals surface area contributed by atoms with Gasteiger partial charge in [-0.15, -0.1) is 0 Å². The van der Waals surface area contributed by atoms with Crippen molar-refractivity contribution in [2.45, 2.75) is 37.9 Å². The molecule has 2 saturated heterocycles. The zero-order valence-electron chi connectivity index (χ0n) is 11.4. The van der Waals surface area contributed by atoms with E-state index in [-0.39, 0.29) is 0 Å². The summed E-state index contributed by atoms with van der Waals surface area (Å²) < 4.78 is 6.25. The first-order valence-corrected chi connectivity index (χ1v) is 7.44. The van der Waals surface area contributed by atoms with Gasteiger partial charge >= 0.3 is 0 Å². The molecular formula is C15H23N3O. The molecule has 1 aromatic heterocycles. The second-order valence-corrected chi connectivity index (χ2v) is 5.50. The van der Waals surface area contributed by atoms with Gasteiger partial charge in [-0.05, 0) is 44.4 Å². The fraction of sp³-hybridized carbons (Fsp3) is 0.667. The quantitative estimate of drug-likeness (QED) is 0.900. The van der Waals surface area contributed by atoms with E-state index in [4.69, 9.17) is 4.74 Å². The Morgan fingerprint density at radius 1 is 1.21 bits per heavy atom. The third-order valence-electron chi connectivity index (χ3n) is 3.99. The van der Waals surface area contributed by atoms with E-state index in [1.165, 1.54) is 25.7 Å². The number of nitrogens with zero attached hydrogens (tertiary/aromatic N) is 2. The number of pyridine rings is 1. The van der Waals surface area contributed by atoms with Gasteiger partial charge in [0.1, 0.15) is 5.82 Å². The normalized spacial score (nSPS) is 28.3. The van der Waals surface area contributed by atoms with Crippen LogP contribution in [0.2, 0.25) is 0 Å². The molecule has 0 amide bonds. The molecule has 0 bridgehead atoms. The predicted molar refractivity (Wildman–Crippen MR) is 76.4 cm³/mol. The minimum Gasteiger partial charge on any atom is -0.372 e. The highest BCUT2D eigenvalue weighted by molar-refractivity contribution is 5.38. The topological polar surface area (TPSA) is 37.4 Å². The van der Waals surface area contributed by atoms with E-state index in [9.17, 15) is 0 Å². The molecule has 0 aliphatic carbocycles. The van der Waals surface area contributed by atoms with Gasteiger partial charge in [0.2, 0.25) is 0 Å². The van der Waals surface area contributed by atoms with Gasteiger partial charge in [0.05, 0.1) is 12.2 Å². The summed E-state index contributed by atoms with van der Waals surface area (Å²) in [6, 6.07) is 6.11. The van der Waals surface area contributed by atoms with E-state index >= 15 is 0 Å². The molecule has 0 aromatic carbocycles. The Balaban J connectivity index is 1.55. The third-order valence-corrected chi connectivity index (χ3v) is 3.99. The van der Waals surface area contributed by atoms with Gasteiger partial charge in [0, 0.05) is 25.8 Å². The number of piperidine rings is 2. The minimum absolute atomic E-state index is 0.362. The number of aromatic nitrogens is 1. The van der Waals surface area contributed by atoms with Crippen molar-refractivity contribution in [3.8, 4) is 0 Å². The van der Waals surface area contributed by atoms with Gasteiger partial charge < -0.3 is 15.0 Å². The van der Waals surface area contributed by atoms with Crippen LogP contribution in [0.15, 0.2) is 24.4 Å². The number of hydrogen-bond acceptors (Lipinski definition) is 4. The Morgan fingerprint density at radius 3 is 2.95 bits per heavy atom. The molecule has 2 aliphatic rings. The molecule has 4 nitrogen and oxygen atoms in total. The van der Waals surface area contributed by atoms with Gasteiger partial charge in [-0.3, -0.25) is 0 Å². The molecule has 0 radical (unpaired) electrons. The second kappa shape index (κ2) is 6.35. The molecule has 2 atom stereocenters. The average molecular weight is 261 g/mol. The van der Waals surface area contributed by atoms with Crippen LogP contribution in [0.5, 0.6) is 0 Å². The van der Waals surface area contributed by atoms with E-state index < -0.39 is 0 Å². The SMILES string of the molecule is c1ccc(N2CCCC(OC3CCCNC3)C2)nc1. The van der Waals surface area contributed by atoms with Crippen LogP contribution in [0.1, 0.15) is 25.7 Å². The highest BCUT2D eigenvalue weighted by Gasteiger charge is 2.24. The van der Waals surface area contributed by atoms with E-state index in [0.29, 0.717) is 12.2 Å². The first-order chi connectivity index (χ1) is 9.42. The molecule has 1 aromatic rings. The Morgan fingerprint density at radius 2 is 2.16 bits per heavy atom. The van der Waals surface area contributed by atoms with E-state index in [1.54, 1.807) is 0 Å². The molecule has 2 aliphatic heterocycles. The highest BCUT2D eigenvalue weighted by Crippen LogP contribution is 2.21. The van der Waals surface area contributed by atoms with Crippen molar-refractivity contribution in [1.29, 1.82) is 0 Å². The van der Waals surface area contributed by atoms with Crippen LogP contribution in [0, 0.1) is 0 Å². The van der Waals surface area contributed by atoms with Gasteiger partial charge in [-0.2, -0.15) is 0 Å². The third kappa shape index (κ3) is 3.45. The standard InChI is InChI=1S/C15H23N3O/c1-2-9-17-15(7-1)18-10-4-6-14(12-18)19-13-5-3-8-16-11-13/h1-2,7,9,13-14,16H,3-6,8,10-12H2. The number of hydrogen-bond donors (Lipinski definition) is 1. The maximum absolute atomic E-state index is 6.25. The van der Waals surface area contributed by atoms with Gasteiger partial charge in [-0.1, -0.05) is 6.07 Å². The highest BCUT2D eigenvalue weighted by atomic mass is 16.5. The Labute approximate surface area is 115 Å². The maximum Gasteiger partial charge on any atom is 0.128 e. The number of anilines is 1. The lowest BCUT2D eigenvalue weighted by molar-refractivity contribution is -0.0280. The zero-order chi connectivity index (χ0) is 12.9. The smallest absolute Gasteiger partial charge is 0.128 e. The molecule has 3 heterocycles. The van der Waals surface area contributed by atoms with E-state index in [1.807, 2.05) is 12.3 Å². The van der Waals surface area contributed by atoms with Crippen LogP contribution in [-0.2, 0) is 4.74 Å². The van der Waals surface area contributed by atoms with Crippen molar-refractivity contribution in [3.63, 3.8) is 0 Å². The van der Waals surface area contributed by atoms with Crippen LogP contribution in [0.3, 0.4) is 0 Å². The molecule has 3 rings (SSSR count). The Bertz CT molecular complexity index is 378. The van der Waals surface area contributed by atoms with Crippen molar-refractivity contribution in [1.82, 2.24) is 10.3 Å². The molecule has 1 N–H and O–H groups in total. The fourth-order valence-electron chi connectivity index (χ4n) is 3.01. The van der Waals surface area contributed by atoms with Crippen LogP contribution >= 0.6 is 0 Å². The fourth-order valence-corrected chi connectivity index (χ4v) is 3.01. The summed E-state index contributed by atoms with van der Waals surface area (Å²) in [5.74, 6) is 1.08. The number of rotatable bonds is 3. The van der Waals surface area contributed by atoms with E-state index in [0.717, 1.165) is 32.0 Å². The summed E-state index contributed by atoms with van der Waals surface area (Å²) in [7, 11) is 0. The molecule has 2 unspecified atom stereocenters. The lowest BCUT2D eigenvalue weighted by Crippen LogP contribution is -2.44. The summed E-state index contributed by atoms with van der Waals surface area (Å²) in [6.07, 6.45) is 7.45. The molecule has 0 spiro atoms. The lowest BCUT2D eigenvalue weighted by Gasteiger charge is -2.36.